The van der Waals surface area contributed by atoms with Crippen molar-refractivity contribution in [2.75, 3.05) is 13.1 Å². The Labute approximate surface area is 53.0 Å². The summed E-state index contributed by atoms with van der Waals surface area (Å²) >= 11 is 0. The molecule has 2 nitrogen and oxygen atoms in total. The molecule has 2 heteroatoms. The quantitative estimate of drug-likeness (QED) is 0.495. The second kappa shape index (κ2) is 2.46. The fraction of sp³-hybridized carbons (Fsp3) is 1.00. The molecule has 3 atom stereocenters. The van der Waals surface area contributed by atoms with E-state index in [4.69, 9.17) is 7.48 Å². The smallest absolute Gasteiger partial charge is 0.0675 e. The van der Waals surface area contributed by atoms with Gasteiger partial charge in [0, 0.05) is 14.4 Å². The van der Waals surface area contributed by atoms with Gasteiger partial charge in [0.1, 0.15) is 0 Å². The molecule has 0 bridgehead atoms. The van der Waals surface area contributed by atoms with Gasteiger partial charge in [0.2, 0.25) is 0 Å². The van der Waals surface area contributed by atoms with Gasteiger partial charge in [-0.3, -0.25) is 0 Å². The van der Waals surface area contributed by atoms with Gasteiger partial charge in [-0.05, 0) is 13.8 Å². The van der Waals surface area contributed by atoms with Crippen molar-refractivity contribution in [2.45, 2.75) is 26.0 Å². The number of rotatable bonds is 0. The first kappa shape index (κ1) is 3.85. The molecule has 0 aliphatic carbocycles. The molecule has 0 amide bonds. The molecule has 1 aliphatic heterocycles. The Morgan fingerprint density at radius 3 is 3.12 bits per heavy atom. The highest BCUT2D eigenvalue weighted by Crippen LogP contribution is 2.00. The molecular weight excluding hydrogens is 102 g/mol. The van der Waals surface area contributed by atoms with E-state index in [-0.39, 0.29) is 6.10 Å². The van der Waals surface area contributed by atoms with Crippen LogP contribution in [0, 0.1) is 0 Å². The first-order chi connectivity index (χ1) is 4.52. The number of morpholine rings is 1. The van der Waals surface area contributed by atoms with E-state index in [2.05, 4.69) is 5.32 Å². The molecule has 48 valence electrons. The van der Waals surface area contributed by atoms with Gasteiger partial charge in [-0.25, -0.2) is 0 Å². The van der Waals surface area contributed by atoms with Gasteiger partial charge in [0.25, 0.3) is 0 Å². The van der Waals surface area contributed by atoms with Crippen LogP contribution in [0.3, 0.4) is 0 Å². The molecular formula is C6H13NO. The third-order valence-corrected chi connectivity index (χ3v) is 1.10. The van der Waals surface area contributed by atoms with E-state index in [0.717, 1.165) is 0 Å². The topological polar surface area (TPSA) is 21.3 Å². The van der Waals surface area contributed by atoms with Crippen molar-refractivity contribution in [3.63, 3.8) is 0 Å². The lowest BCUT2D eigenvalue weighted by Crippen LogP contribution is -2.41. The monoisotopic (exact) mass is 117 g/mol. The van der Waals surface area contributed by atoms with Gasteiger partial charge >= 0.3 is 0 Å². The first-order valence-corrected chi connectivity index (χ1v) is 2.86. The lowest BCUT2D eigenvalue weighted by molar-refractivity contribution is -0.0166. The summed E-state index contributed by atoms with van der Waals surface area (Å²) in [6.45, 7) is 3.55. The minimum atomic E-state index is -1.09. The zero-order valence-electron chi connectivity index (χ0n) is 7.27. The predicted molar refractivity (Wildman–Crippen MR) is 32.9 cm³/mol. The minimum Gasteiger partial charge on any atom is -0.373 e. The molecule has 3 unspecified atom stereocenters. The Morgan fingerprint density at radius 1 is 1.88 bits per heavy atom. The van der Waals surface area contributed by atoms with Crippen LogP contribution in [0.1, 0.15) is 16.6 Å². The molecule has 8 heavy (non-hydrogen) atoms. The van der Waals surface area contributed by atoms with Crippen LogP contribution in [0.15, 0.2) is 0 Å². The summed E-state index contributed by atoms with van der Waals surface area (Å²) in [5.41, 5.74) is 0. The van der Waals surface area contributed by atoms with Crippen molar-refractivity contribution < 1.29 is 7.48 Å². The predicted octanol–water partition coefficient (Wildman–Crippen LogP) is 0.383. The Bertz CT molecular complexity index is 129. The molecule has 0 aromatic heterocycles. The highest BCUT2D eigenvalue weighted by Gasteiger charge is 2.12. The van der Waals surface area contributed by atoms with E-state index < -0.39 is 12.6 Å². The number of hydrogen-bond donors (Lipinski definition) is 1. The largest absolute Gasteiger partial charge is 0.373 e. The number of nitrogens with one attached hydrogen (secondary N) is 1. The third-order valence-electron chi connectivity index (χ3n) is 1.10. The molecule has 1 N–H and O–H groups in total. The minimum absolute atomic E-state index is 0.0455. The zero-order valence-corrected chi connectivity index (χ0v) is 5.27. The highest BCUT2D eigenvalue weighted by atomic mass is 16.5. The molecule has 0 aromatic carbocycles. The second-order valence-electron chi connectivity index (χ2n) is 2.09. The normalized spacial score (nSPS) is 61.8. The highest BCUT2D eigenvalue weighted by molar-refractivity contribution is 4.66. The Hall–Kier alpha value is -0.0800. The zero-order chi connectivity index (χ0) is 7.78. The van der Waals surface area contributed by atoms with E-state index in [1.807, 2.05) is 6.92 Å². The fourth-order valence-electron chi connectivity index (χ4n) is 0.762. The molecule has 1 aliphatic rings. The molecule has 1 heterocycles. The lowest BCUT2D eigenvalue weighted by atomic mass is 10.3. The lowest BCUT2D eigenvalue weighted by Gasteiger charge is -2.25. The third kappa shape index (κ3) is 1.46. The summed E-state index contributed by atoms with van der Waals surface area (Å²) in [7, 11) is 0. The SMILES string of the molecule is [2H]C1NCC(C)OC1([2H])C. The summed E-state index contributed by atoms with van der Waals surface area (Å²) < 4.78 is 20.0. The van der Waals surface area contributed by atoms with Gasteiger partial charge in [-0.2, -0.15) is 0 Å². The van der Waals surface area contributed by atoms with Gasteiger partial charge in [0.05, 0.1) is 13.6 Å². The Balaban J connectivity index is 2.55. The molecule has 0 spiro atoms. The molecule has 1 fully saturated rings. The van der Waals surface area contributed by atoms with Crippen LogP contribution >= 0.6 is 0 Å². The van der Waals surface area contributed by atoms with Crippen molar-refractivity contribution in [3.8, 4) is 0 Å². The summed E-state index contributed by atoms with van der Waals surface area (Å²) in [4.78, 5) is 0. The molecule has 0 saturated carbocycles. The molecule has 0 aromatic rings. The molecule has 0 radical (unpaired) electrons. The van der Waals surface area contributed by atoms with Gasteiger partial charge in [-0.1, -0.05) is 0 Å². The van der Waals surface area contributed by atoms with Crippen molar-refractivity contribution in [3.05, 3.63) is 0 Å². The average Bonchev–Trinajstić information content (AvgIpc) is 1.78. The van der Waals surface area contributed by atoms with Gasteiger partial charge in [-0.15, -0.1) is 0 Å². The van der Waals surface area contributed by atoms with Crippen molar-refractivity contribution in [1.82, 2.24) is 5.32 Å². The maximum atomic E-state index is 7.49. The second-order valence-corrected chi connectivity index (χ2v) is 2.09. The summed E-state index contributed by atoms with van der Waals surface area (Å²) in [5, 5.41) is 2.88. The fourth-order valence-corrected chi connectivity index (χ4v) is 0.762. The Kier molecular flexibility index (Phi) is 1.19. The number of hydrogen-bond acceptors (Lipinski definition) is 2. The van der Waals surface area contributed by atoms with Gasteiger partial charge < -0.3 is 10.1 Å². The average molecular weight is 117 g/mol. The summed E-state index contributed by atoms with van der Waals surface area (Å²) in [6.07, 6.45) is -1.04. The van der Waals surface area contributed by atoms with Crippen molar-refractivity contribution in [1.29, 1.82) is 0 Å². The summed E-state index contributed by atoms with van der Waals surface area (Å²) in [6, 6.07) is 0. The standard InChI is InChI=1S/C6H13NO/c1-5-3-7-4-6(2)8-5/h5-7H,3-4H2,1-2H3/i3D,5D. The van der Waals surface area contributed by atoms with Crippen LogP contribution in [0.25, 0.3) is 0 Å². The van der Waals surface area contributed by atoms with E-state index in [1.54, 1.807) is 6.92 Å². The van der Waals surface area contributed by atoms with E-state index in [1.165, 1.54) is 0 Å². The van der Waals surface area contributed by atoms with Gasteiger partial charge in [0.15, 0.2) is 0 Å². The van der Waals surface area contributed by atoms with E-state index in [9.17, 15) is 0 Å². The van der Waals surface area contributed by atoms with Crippen LogP contribution < -0.4 is 5.32 Å². The molecule has 1 saturated heterocycles. The van der Waals surface area contributed by atoms with Crippen molar-refractivity contribution in [2.24, 2.45) is 0 Å². The Morgan fingerprint density at radius 2 is 2.62 bits per heavy atom. The maximum Gasteiger partial charge on any atom is 0.0675 e. The van der Waals surface area contributed by atoms with Crippen LogP contribution in [0.2, 0.25) is 0 Å². The van der Waals surface area contributed by atoms with E-state index in [0.29, 0.717) is 6.54 Å². The van der Waals surface area contributed by atoms with Crippen LogP contribution in [-0.2, 0) is 4.74 Å². The van der Waals surface area contributed by atoms with Crippen LogP contribution in [-0.4, -0.2) is 25.2 Å². The first-order valence-electron chi connectivity index (χ1n) is 3.93. The van der Waals surface area contributed by atoms with E-state index >= 15 is 0 Å². The van der Waals surface area contributed by atoms with Crippen LogP contribution in [0.5, 0.6) is 0 Å². The molecule has 1 rings (SSSR count). The number of ether oxygens (including phenoxy) is 1. The van der Waals surface area contributed by atoms with Crippen molar-refractivity contribution >= 4 is 0 Å². The van der Waals surface area contributed by atoms with Crippen LogP contribution in [0.4, 0.5) is 0 Å². The summed E-state index contributed by atoms with van der Waals surface area (Å²) in [5.74, 6) is 0. The maximum absolute atomic E-state index is 7.49.